The second kappa shape index (κ2) is 14.1. The minimum Gasteiger partial charge on any atom is -0.455 e. The van der Waals surface area contributed by atoms with Gasteiger partial charge in [-0.05, 0) is 103 Å². The van der Waals surface area contributed by atoms with E-state index < -0.39 is 0 Å². The summed E-state index contributed by atoms with van der Waals surface area (Å²) in [4.78, 5) is 2.35. The molecule has 2 nitrogen and oxygen atoms in total. The Bertz CT molecular complexity index is 3270. The van der Waals surface area contributed by atoms with E-state index in [4.69, 9.17) is 4.42 Å². The Labute approximate surface area is 337 Å². The standard InChI is InChI=1S/C56H37NO/c1-3-15-39(16-4-1)50-27-13-28-51-52-29-14-30-53(56(52)58-55(50)51)54-37-43(35-42-18-8-10-25-49(42)54)41-20-11-23-46(36-41)57(44-21-5-2-6-22-44)45-33-31-40(32-34-45)48-26-12-19-38-17-7-9-24-47(38)48/h1-37H. The molecule has 0 aliphatic rings. The number of hydrogen-bond donors (Lipinski definition) is 0. The highest BCUT2D eigenvalue weighted by Gasteiger charge is 2.19. The van der Waals surface area contributed by atoms with E-state index in [0.29, 0.717) is 0 Å². The van der Waals surface area contributed by atoms with Crippen LogP contribution >= 0.6 is 0 Å². The summed E-state index contributed by atoms with van der Waals surface area (Å²) in [5, 5.41) is 7.12. The lowest BCUT2D eigenvalue weighted by molar-refractivity contribution is 0.671. The van der Waals surface area contributed by atoms with Gasteiger partial charge in [0.05, 0.1) is 0 Å². The zero-order valence-electron chi connectivity index (χ0n) is 31.7. The van der Waals surface area contributed by atoms with Crippen LogP contribution in [-0.2, 0) is 0 Å². The highest BCUT2D eigenvalue weighted by atomic mass is 16.3. The van der Waals surface area contributed by atoms with Crippen molar-refractivity contribution < 1.29 is 4.42 Å². The third-order valence-corrected chi connectivity index (χ3v) is 11.4. The van der Waals surface area contributed by atoms with Crippen LogP contribution in [0.15, 0.2) is 229 Å². The van der Waals surface area contributed by atoms with E-state index in [0.717, 1.165) is 72.4 Å². The normalized spacial score (nSPS) is 11.4. The molecule has 10 aromatic carbocycles. The molecule has 0 amide bonds. The molecule has 0 fully saturated rings. The summed E-state index contributed by atoms with van der Waals surface area (Å²) in [6.07, 6.45) is 0. The topological polar surface area (TPSA) is 16.4 Å². The zero-order chi connectivity index (χ0) is 38.4. The zero-order valence-corrected chi connectivity index (χ0v) is 31.7. The molecule has 11 rings (SSSR count). The smallest absolute Gasteiger partial charge is 0.143 e. The summed E-state index contributed by atoms with van der Waals surface area (Å²) in [5.74, 6) is 0. The van der Waals surface area contributed by atoms with Crippen LogP contribution in [0.3, 0.4) is 0 Å². The first kappa shape index (κ1) is 33.6. The molecule has 0 radical (unpaired) electrons. The number of fused-ring (bicyclic) bond motifs is 5. The summed E-state index contributed by atoms with van der Waals surface area (Å²) >= 11 is 0. The van der Waals surface area contributed by atoms with Crippen molar-refractivity contribution in [3.63, 3.8) is 0 Å². The van der Waals surface area contributed by atoms with Crippen molar-refractivity contribution in [1.29, 1.82) is 0 Å². The Morgan fingerprint density at radius 3 is 1.53 bits per heavy atom. The van der Waals surface area contributed by atoms with Gasteiger partial charge < -0.3 is 9.32 Å². The van der Waals surface area contributed by atoms with Crippen LogP contribution in [0.2, 0.25) is 0 Å². The number of para-hydroxylation sites is 3. The number of anilines is 3. The third-order valence-electron chi connectivity index (χ3n) is 11.4. The van der Waals surface area contributed by atoms with Gasteiger partial charge in [-0.2, -0.15) is 0 Å². The summed E-state index contributed by atoms with van der Waals surface area (Å²) < 4.78 is 6.92. The van der Waals surface area contributed by atoms with E-state index >= 15 is 0 Å². The Morgan fingerprint density at radius 2 is 0.759 bits per heavy atom. The number of rotatable bonds is 7. The second-order valence-corrected chi connectivity index (χ2v) is 14.9. The van der Waals surface area contributed by atoms with Crippen LogP contribution in [-0.4, -0.2) is 0 Å². The van der Waals surface area contributed by atoms with Crippen LogP contribution < -0.4 is 4.90 Å². The van der Waals surface area contributed by atoms with Gasteiger partial charge in [0.15, 0.2) is 0 Å². The lowest BCUT2D eigenvalue weighted by atomic mass is 9.92. The van der Waals surface area contributed by atoms with Gasteiger partial charge in [0.25, 0.3) is 0 Å². The van der Waals surface area contributed by atoms with Crippen LogP contribution in [0, 0.1) is 0 Å². The molecule has 0 atom stereocenters. The maximum Gasteiger partial charge on any atom is 0.143 e. The first-order valence-corrected chi connectivity index (χ1v) is 19.8. The Balaban J connectivity index is 1.04. The van der Waals surface area contributed by atoms with Crippen LogP contribution in [0.5, 0.6) is 0 Å². The first-order chi connectivity index (χ1) is 28.8. The fraction of sp³-hybridized carbons (Fsp3) is 0. The lowest BCUT2D eigenvalue weighted by Gasteiger charge is -2.26. The van der Waals surface area contributed by atoms with Gasteiger partial charge in [0, 0.05) is 39.0 Å². The second-order valence-electron chi connectivity index (χ2n) is 14.9. The van der Waals surface area contributed by atoms with E-state index in [9.17, 15) is 0 Å². The Morgan fingerprint density at radius 1 is 0.259 bits per heavy atom. The summed E-state index contributed by atoms with van der Waals surface area (Å²) in [6.45, 7) is 0. The van der Waals surface area contributed by atoms with Gasteiger partial charge >= 0.3 is 0 Å². The van der Waals surface area contributed by atoms with Crippen molar-refractivity contribution in [2.24, 2.45) is 0 Å². The quantitative estimate of drug-likeness (QED) is 0.162. The van der Waals surface area contributed by atoms with Crippen LogP contribution in [0.25, 0.3) is 88.0 Å². The molecule has 0 aliphatic carbocycles. The Hall–Kier alpha value is -7.68. The molecule has 1 aromatic heterocycles. The fourth-order valence-corrected chi connectivity index (χ4v) is 8.69. The number of furan rings is 1. The molecule has 0 saturated heterocycles. The van der Waals surface area contributed by atoms with Gasteiger partial charge in [0.2, 0.25) is 0 Å². The molecule has 0 bridgehead atoms. The molecular formula is C56H37NO. The van der Waals surface area contributed by atoms with Gasteiger partial charge in [0.1, 0.15) is 11.2 Å². The fourth-order valence-electron chi connectivity index (χ4n) is 8.69. The van der Waals surface area contributed by atoms with E-state index in [2.05, 4.69) is 229 Å². The van der Waals surface area contributed by atoms with E-state index in [-0.39, 0.29) is 0 Å². The maximum absolute atomic E-state index is 6.92. The summed E-state index contributed by atoms with van der Waals surface area (Å²) in [5.41, 5.74) is 14.3. The summed E-state index contributed by atoms with van der Waals surface area (Å²) in [7, 11) is 0. The van der Waals surface area contributed by atoms with Crippen molar-refractivity contribution in [3.8, 4) is 44.5 Å². The van der Waals surface area contributed by atoms with Crippen molar-refractivity contribution in [1.82, 2.24) is 0 Å². The van der Waals surface area contributed by atoms with E-state index in [1.807, 2.05) is 0 Å². The largest absolute Gasteiger partial charge is 0.455 e. The Kier molecular flexibility index (Phi) is 8.19. The predicted molar refractivity (Wildman–Crippen MR) is 245 cm³/mol. The molecule has 1 heterocycles. The van der Waals surface area contributed by atoms with Crippen molar-refractivity contribution in [3.05, 3.63) is 224 Å². The SMILES string of the molecule is c1ccc(-c2cccc3c2oc2c(-c4cc(-c5cccc(N(c6ccccc6)c6ccc(-c7cccc8ccccc78)cc6)c5)cc5ccccc45)cccc23)cc1. The van der Waals surface area contributed by atoms with Crippen LogP contribution in [0.1, 0.15) is 0 Å². The third kappa shape index (κ3) is 5.82. The molecule has 2 heteroatoms. The van der Waals surface area contributed by atoms with Crippen molar-refractivity contribution in [2.45, 2.75) is 0 Å². The molecule has 0 spiro atoms. The number of nitrogens with zero attached hydrogens (tertiary/aromatic N) is 1. The first-order valence-electron chi connectivity index (χ1n) is 19.8. The number of benzene rings is 10. The average molecular weight is 740 g/mol. The van der Waals surface area contributed by atoms with Gasteiger partial charge in [-0.25, -0.2) is 0 Å². The monoisotopic (exact) mass is 739 g/mol. The van der Waals surface area contributed by atoms with Crippen LogP contribution in [0.4, 0.5) is 17.1 Å². The van der Waals surface area contributed by atoms with Gasteiger partial charge in [-0.1, -0.05) is 176 Å². The predicted octanol–water partition coefficient (Wildman–Crippen LogP) is 16.0. The molecule has 11 aromatic rings. The minimum absolute atomic E-state index is 0.902. The molecule has 58 heavy (non-hydrogen) atoms. The minimum atomic E-state index is 0.902. The average Bonchev–Trinajstić information content (AvgIpc) is 3.69. The molecule has 0 saturated carbocycles. The van der Waals surface area contributed by atoms with Gasteiger partial charge in [-0.15, -0.1) is 0 Å². The molecule has 0 unspecified atom stereocenters. The lowest BCUT2D eigenvalue weighted by Crippen LogP contribution is -2.09. The number of hydrogen-bond acceptors (Lipinski definition) is 2. The molecular weight excluding hydrogens is 703 g/mol. The molecule has 0 N–H and O–H groups in total. The molecule has 0 aliphatic heterocycles. The highest BCUT2D eigenvalue weighted by molar-refractivity contribution is 6.15. The van der Waals surface area contributed by atoms with Crippen molar-refractivity contribution >= 4 is 60.5 Å². The van der Waals surface area contributed by atoms with E-state index in [1.165, 1.54) is 32.7 Å². The summed E-state index contributed by atoms with van der Waals surface area (Å²) in [6, 6.07) is 80.5. The van der Waals surface area contributed by atoms with Gasteiger partial charge in [-0.3, -0.25) is 0 Å². The highest BCUT2D eigenvalue weighted by Crippen LogP contribution is 2.44. The molecule has 272 valence electrons. The van der Waals surface area contributed by atoms with E-state index in [1.54, 1.807) is 0 Å². The maximum atomic E-state index is 6.92. The van der Waals surface area contributed by atoms with Crippen molar-refractivity contribution in [2.75, 3.05) is 4.90 Å².